The van der Waals surface area contributed by atoms with Crippen LogP contribution in [0.25, 0.3) is 0 Å². The van der Waals surface area contributed by atoms with Gasteiger partial charge in [-0.25, -0.2) is 0 Å². The Kier molecular flexibility index (Phi) is 4.25. The molecule has 0 saturated carbocycles. The number of nitrogens with zero attached hydrogens (tertiary/aromatic N) is 1. The molecule has 1 aliphatic heterocycles. The van der Waals surface area contributed by atoms with E-state index in [-0.39, 0.29) is 11.7 Å². The average Bonchev–Trinajstić information content (AvgIpc) is 2.54. The molecule has 2 aromatic rings. The lowest BCUT2D eigenvalue weighted by atomic mass is 9.92. The Hall–Kier alpha value is -2.82. The van der Waals surface area contributed by atoms with Gasteiger partial charge in [-0.15, -0.1) is 0 Å². The zero-order chi connectivity index (χ0) is 18.2. The zero-order valence-corrected chi connectivity index (χ0v) is 14.9. The van der Waals surface area contributed by atoms with E-state index < -0.39 is 5.60 Å². The predicted octanol–water partition coefficient (Wildman–Crippen LogP) is 3.75. The van der Waals surface area contributed by atoms with Crippen LogP contribution in [0, 0.1) is 0 Å². The van der Waals surface area contributed by atoms with E-state index in [1.807, 2.05) is 57.1 Å². The number of carbonyl (C=O) groups is 2. The molecule has 0 aromatic heterocycles. The third-order valence-electron chi connectivity index (χ3n) is 4.16. The van der Waals surface area contributed by atoms with E-state index >= 15 is 0 Å². The first-order chi connectivity index (χ1) is 11.7. The van der Waals surface area contributed by atoms with E-state index in [2.05, 4.69) is 5.32 Å². The zero-order valence-electron chi connectivity index (χ0n) is 14.9. The van der Waals surface area contributed by atoms with Gasteiger partial charge in [0.1, 0.15) is 11.4 Å². The van der Waals surface area contributed by atoms with Crippen molar-refractivity contribution >= 4 is 23.1 Å². The Balaban J connectivity index is 1.79. The topological polar surface area (TPSA) is 58.6 Å². The van der Waals surface area contributed by atoms with Gasteiger partial charge in [-0.1, -0.05) is 0 Å². The van der Waals surface area contributed by atoms with Crippen molar-refractivity contribution in [1.82, 2.24) is 0 Å². The van der Waals surface area contributed by atoms with Gasteiger partial charge in [-0.05, 0) is 56.3 Å². The van der Waals surface area contributed by atoms with Gasteiger partial charge in [-0.2, -0.15) is 0 Å². The quantitative estimate of drug-likeness (QED) is 0.926. The SMILES string of the molecule is CN(C)c1ccc(NC(=O)c2ccc3c(c2)C(=O)CC(C)(C)O3)cc1. The molecular weight excluding hydrogens is 316 g/mol. The lowest BCUT2D eigenvalue weighted by Gasteiger charge is -2.31. The average molecular weight is 338 g/mol. The lowest BCUT2D eigenvalue weighted by molar-refractivity contribution is 0.0620. The van der Waals surface area contributed by atoms with Crippen molar-refractivity contribution in [3.05, 3.63) is 53.6 Å². The maximum absolute atomic E-state index is 12.5. The summed E-state index contributed by atoms with van der Waals surface area (Å²) >= 11 is 0. The number of rotatable bonds is 3. The van der Waals surface area contributed by atoms with Crippen molar-refractivity contribution in [3.63, 3.8) is 0 Å². The van der Waals surface area contributed by atoms with Gasteiger partial charge in [0, 0.05) is 31.0 Å². The molecule has 0 radical (unpaired) electrons. The molecule has 0 aliphatic carbocycles. The van der Waals surface area contributed by atoms with Crippen LogP contribution < -0.4 is 15.0 Å². The molecule has 1 aliphatic rings. The third-order valence-corrected chi connectivity index (χ3v) is 4.16. The standard InChI is InChI=1S/C20H22N2O3/c1-20(2)12-17(23)16-11-13(5-10-18(16)25-20)19(24)21-14-6-8-15(9-7-14)22(3)4/h5-11H,12H2,1-4H3,(H,21,24). The number of nitrogens with one attached hydrogen (secondary N) is 1. The van der Waals surface area contributed by atoms with Gasteiger partial charge >= 0.3 is 0 Å². The molecule has 0 bridgehead atoms. The Morgan fingerprint density at radius 2 is 1.80 bits per heavy atom. The van der Waals surface area contributed by atoms with E-state index in [4.69, 9.17) is 4.74 Å². The van der Waals surface area contributed by atoms with Crippen LogP contribution >= 0.6 is 0 Å². The first-order valence-corrected chi connectivity index (χ1v) is 8.20. The van der Waals surface area contributed by atoms with E-state index in [0.717, 1.165) is 5.69 Å². The largest absolute Gasteiger partial charge is 0.487 e. The van der Waals surface area contributed by atoms with Crippen LogP contribution in [0.5, 0.6) is 5.75 Å². The first-order valence-electron chi connectivity index (χ1n) is 8.20. The minimum absolute atomic E-state index is 0.00349. The third kappa shape index (κ3) is 3.65. The van der Waals surface area contributed by atoms with Crippen molar-refractivity contribution in [2.75, 3.05) is 24.3 Å². The van der Waals surface area contributed by atoms with Crippen LogP contribution in [0.3, 0.4) is 0 Å². The summed E-state index contributed by atoms with van der Waals surface area (Å²) < 4.78 is 5.82. The monoisotopic (exact) mass is 338 g/mol. The summed E-state index contributed by atoms with van der Waals surface area (Å²) in [5.74, 6) is 0.280. The van der Waals surface area contributed by atoms with Crippen LogP contribution in [-0.4, -0.2) is 31.4 Å². The molecule has 0 spiro atoms. The van der Waals surface area contributed by atoms with Crippen molar-refractivity contribution in [1.29, 1.82) is 0 Å². The molecule has 5 nitrogen and oxygen atoms in total. The number of ether oxygens (including phenoxy) is 1. The number of hydrogen-bond acceptors (Lipinski definition) is 4. The van der Waals surface area contributed by atoms with Crippen LogP contribution in [0.15, 0.2) is 42.5 Å². The molecule has 1 N–H and O–H groups in total. The minimum Gasteiger partial charge on any atom is -0.487 e. The molecule has 0 fully saturated rings. The van der Waals surface area contributed by atoms with E-state index in [1.165, 1.54) is 0 Å². The molecule has 0 atom stereocenters. The van der Waals surface area contributed by atoms with Gasteiger partial charge in [0.2, 0.25) is 0 Å². The first kappa shape index (κ1) is 17.0. The Bertz CT molecular complexity index is 823. The number of Topliss-reactive ketones (excluding diaryl/α,β-unsaturated/α-hetero) is 1. The fourth-order valence-corrected chi connectivity index (χ4v) is 2.84. The maximum atomic E-state index is 12.5. The van der Waals surface area contributed by atoms with Crippen molar-refractivity contribution < 1.29 is 14.3 Å². The fourth-order valence-electron chi connectivity index (χ4n) is 2.84. The van der Waals surface area contributed by atoms with E-state index in [9.17, 15) is 9.59 Å². The van der Waals surface area contributed by atoms with E-state index in [0.29, 0.717) is 29.0 Å². The van der Waals surface area contributed by atoms with Crippen LogP contribution in [-0.2, 0) is 0 Å². The number of anilines is 2. The second-order valence-electron chi connectivity index (χ2n) is 7.07. The summed E-state index contributed by atoms with van der Waals surface area (Å²) in [6.07, 6.45) is 0.303. The number of carbonyl (C=O) groups excluding carboxylic acids is 2. The fraction of sp³-hybridized carbons (Fsp3) is 0.300. The van der Waals surface area contributed by atoms with E-state index in [1.54, 1.807) is 18.2 Å². The maximum Gasteiger partial charge on any atom is 0.255 e. The number of ketones is 1. The van der Waals surface area contributed by atoms with Gasteiger partial charge < -0.3 is 15.0 Å². The highest BCUT2D eigenvalue weighted by molar-refractivity contribution is 6.07. The Morgan fingerprint density at radius 1 is 1.12 bits per heavy atom. The minimum atomic E-state index is -0.512. The van der Waals surface area contributed by atoms with Gasteiger partial charge in [0.15, 0.2) is 5.78 Å². The Labute approximate surface area is 147 Å². The molecular formula is C20H22N2O3. The highest BCUT2D eigenvalue weighted by atomic mass is 16.5. The van der Waals surface area contributed by atoms with Crippen molar-refractivity contribution in [3.8, 4) is 5.75 Å². The molecule has 1 amide bonds. The summed E-state index contributed by atoms with van der Waals surface area (Å²) in [4.78, 5) is 26.8. The molecule has 3 rings (SSSR count). The number of fused-ring (bicyclic) bond motifs is 1. The summed E-state index contributed by atoms with van der Waals surface area (Å²) in [5, 5.41) is 2.85. The highest BCUT2D eigenvalue weighted by Gasteiger charge is 2.32. The summed E-state index contributed by atoms with van der Waals surface area (Å²) in [7, 11) is 3.92. The van der Waals surface area contributed by atoms with Crippen molar-refractivity contribution in [2.24, 2.45) is 0 Å². The molecule has 25 heavy (non-hydrogen) atoms. The molecule has 0 saturated heterocycles. The highest BCUT2D eigenvalue weighted by Crippen LogP contribution is 2.33. The predicted molar refractivity (Wildman–Crippen MR) is 98.8 cm³/mol. The number of hydrogen-bond donors (Lipinski definition) is 1. The van der Waals surface area contributed by atoms with Crippen molar-refractivity contribution in [2.45, 2.75) is 25.9 Å². The second-order valence-corrected chi connectivity index (χ2v) is 7.07. The summed E-state index contributed by atoms with van der Waals surface area (Å²) in [6, 6.07) is 12.5. The van der Waals surface area contributed by atoms with Crippen LogP contribution in [0.2, 0.25) is 0 Å². The van der Waals surface area contributed by atoms with Gasteiger partial charge in [-0.3, -0.25) is 9.59 Å². The van der Waals surface area contributed by atoms with Crippen LogP contribution in [0.1, 0.15) is 41.0 Å². The molecule has 5 heteroatoms. The molecule has 0 unspecified atom stereocenters. The number of benzene rings is 2. The normalized spacial score (nSPS) is 15.1. The molecule has 1 heterocycles. The van der Waals surface area contributed by atoms with Crippen LogP contribution in [0.4, 0.5) is 11.4 Å². The van der Waals surface area contributed by atoms with Gasteiger partial charge in [0.05, 0.1) is 12.0 Å². The summed E-state index contributed by atoms with van der Waals surface area (Å²) in [6.45, 7) is 3.76. The van der Waals surface area contributed by atoms with Gasteiger partial charge in [0.25, 0.3) is 5.91 Å². The molecule has 130 valence electrons. The lowest BCUT2D eigenvalue weighted by Crippen LogP contribution is -2.36. The second kappa shape index (κ2) is 6.24. The summed E-state index contributed by atoms with van der Waals surface area (Å²) in [5.41, 5.74) is 2.15. The molecule has 2 aromatic carbocycles. The smallest absolute Gasteiger partial charge is 0.255 e. The Morgan fingerprint density at radius 3 is 2.44 bits per heavy atom. The number of amides is 1.